The Hall–Kier alpha value is -2.56. The molecule has 0 spiro atoms. The van der Waals surface area contributed by atoms with Crippen molar-refractivity contribution in [2.75, 3.05) is 0 Å². The van der Waals surface area contributed by atoms with Crippen LogP contribution in [0.1, 0.15) is 30.1 Å². The molecule has 1 aromatic carbocycles. The fraction of sp³-hybridized carbons (Fsp3) is 0.250. The molecule has 0 fully saturated rings. The minimum atomic E-state index is -1.01. The van der Waals surface area contributed by atoms with Crippen LogP contribution >= 0.6 is 0 Å². The first kappa shape index (κ1) is 14.8. The van der Waals surface area contributed by atoms with Gasteiger partial charge < -0.3 is 15.4 Å². The minimum Gasteiger partial charge on any atom is -0.480 e. The van der Waals surface area contributed by atoms with E-state index in [9.17, 15) is 9.59 Å². The molecule has 0 saturated carbocycles. The Bertz CT molecular complexity index is 619. The van der Waals surface area contributed by atoms with Crippen molar-refractivity contribution in [1.82, 2.24) is 10.3 Å². The first-order valence-corrected chi connectivity index (χ1v) is 6.89. The number of benzene rings is 1. The van der Waals surface area contributed by atoms with E-state index in [1.165, 1.54) is 0 Å². The van der Waals surface area contributed by atoms with E-state index in [1.54, 1.807) is 12.4 Å². The highest BCUT2D eigenvalue weighted by molar-refractivity contribution is 6.02. The van der Waals surface area contributed by atoms with E-state index in [0.717, 1.165) is 11.1 Å². The third kappa shape index (κ3) is 3.51. The van der Waals surface area contributed by atoms with Crippen molar-refractivity contribution < 1.29 is 14.7 Å². The lowest BCUT2D eigenvalue weighted by Crippen LogP contribution is -2.40. The molecule has 2 aromatic rings. The second-order valence-electron chi connectivity index (χ2n) is 4.80. The molecule has 5 nitrogen and oxygen atoms in total. The van der Waals surface area contributed by atoms with Crippen molar-refractivity contribution in [2.45, 2.75) is 25.8 Å². The number of carboxylic acid groups (broad SMARTS) is 1. The van der Waals surface area contributed by atoms with Crippen LogP contribution in [-0.4, -0.2) is 28.0 Å². The zero-order valence-corrected chi connectivity index (χ0v) is 11.8. The van der Waals surface area contributed by atoms with E-state index in [-0.39, 0.29) is 5.91 Å². The van der Waals surface area contributed by atoms with Crippen LogP contribution in [0.25, 0.3) is 11.1 Å². The Morgan fingerprint density at radius 2 is 1.95 bits per heavy atom. The Morgan fingerprint density at radius 1 is 1.24 bits per heavy atom. The lowest BCUT2D eigenvalue weighted by Gasteiger charge is -2.13. The van der Waals surface area contributed by atoms with E-state index in [2.05, 4.69) is 10.3 Å². The second kappa shape index (κ2) is 6.74. The first-order valence-electron chi connectivity index (χ1n) is 6.89. The normalized spacial score (nSPS) is 11.9. The molecular weight excluding hydrogens is 268 g/mol. The van der Waals surface area contributed by atoms with Crippen LogP contribution in [0.15, 0.2) is 42.7 Å². The van der Waals surface area contributed by atoms with Gasteiger partial charge in [-0.05, 0) is 12.0 Å². The molecule has 0 aliphatic heterocycles. The number of hydrogen-bond donors (Lipinski definition) is 3. The number of aromatic nitrogens is 1. The average Bonchev–Trinajstić information content (AvgIpc) is 2.97. The summed E-state index contributed by atoms with van der Waals surface area (Å²) in [6.45, 7) is 1.88. The number of carbonyl (C=O) groups is 2. The quantitative estimate of drug-likeness (QED) is 0.763. The van der Waals surface area contributed by atoms with Gasteiger partial charge in [-0.25, -0.2) is 4.79 Å². The van der Waals surface area contributed by atoms with Crippen LogP contribution in [0.3, 0.4) is 0 Å². The van der Waals surface area contributed by atoms with Gasteiger partial charge in [-0.3, -0.25) is 4.79 Å². The fourth-order valence-corrected chi connectivity index (χ4v) is 2.19. The summed E-state index contributed by atoms with van der Waals surface area (Å²) in [5, 5.41) is 11.7. The van der Waals surface area contributed by atoms with E-state index in [4.69, 9.17) is 5.11 Å². The van der Waals surface area contributed by atoms with Crippen molar-refractivity contribution in [3.05, 3.63) is 48.3 Å². The number of aliphatic carboxylic acids is 1. The van der Waals surface area contributed by atoms with Gasteiger partial charge in [0.2, 0.25) is 0 Å². The maximum absolute atomic E-state index is 12.3. The van der Waals surface area contributed by atoms with Gasteiger partial charge in [0.05, 0.1) is 5.56 Å². The van der Waals surface area contributed by atoms with Crippen LogP contribution in [0.4, 0.5) is 0 Å². The Kier molecular flexibility index (Phi) is 4.77. The molecule has 0 aliphatic rings. The van der Waals surface area contributed by atoms with Gasteiger partial charge in [-0.15, -0.1) is 0 Å². The largest absolute Gasteiger partial charge is 0.480 e. The van der Waals surface area contributed by atoms with Crippen molar-refractivity contribution >= 4 is 11.9 Å². The zero-order valence-electron chi connectivity index (χ0n) is 11.8. The smallest absolute Gasteiger partial charge is 0.326 e. The van der Waals surface area contributed by atoms with Gasteiger partial charge >= 0.3 is 5.97 Å². The Labute approximate surface area is 123 Å². The predicted molar refractivity (Wildman–Crippen MR) is 80.0 cm³/mol. The molecule has 0 radical (unpaired) electrons. The number of aromatic amines is 1. The molecule has 110 valence electrons. The molecule has 21 heavy (non-hydrogen) atoms. The highest BCUT2D eigenvalue weighted by Crippen LogP contribution is 2.23. The number of carbonyl (C=O) groups excluding carboxylic acids is 1. The standard InChI is InChI=1S/C16H18N2O3/c1-2-6-14(16(20)21)18-15(19)13-10-17-9-12(13)11-7-4-3-5-8-11/h3-5,7-10,14,17H,2,6H2,1H3,(H,18,19)(H,20,21). The summed E-state index contributed by atoms with van der Waals surface area (Å²) in [5.41, 5.74) is 2.11. The van der Waals surface area contributed by atoms with Gasteiger partial charge in [0.15, 0.2) is 0 Å². The fourth-order valence-electron chi connectivity index (χ4n) is 2.19. The summed E-state index contributed by atoms with van der Waals surface area (Å²) in [6, 6.07) is 8.63. The van der Waals surface area contributed by atoms with Gasteiger partial charge in [0.25, 0.3) is 5.91 Å². The number of H-pyrrole nitrogens is 1. The van der Waals surface area contributed by atoms with E-state index in [1.807, 2.05) is 37.3 Å². The van der Waals surface area contributed by atoms with Gasteiger partial charge in [-0.2, -0.15) is 0 Å². The maximum atomic E-state index is 12.3. The van der Waals surface area contributed by atoms with Crippen LogP contribution in [-0.2, 0) is 4.79 Å². The molecule has 0 aliphatic carbocycles. The third-order valence-corrected chi connectivity index (χ3v) is 3.26. The summed E-state index contributed by atoms with van der Waals surface area (Å²) < 4.78 is 0. The SMILES string of the molecule is CCCC(NC(=O)c1c[nH]cc1-c1ccccc1)C(=O)O. The monoisotopic (exact) mass is 286 g/mol. The lowest BCUT2D eigenvalue weighted by atomic mass is 10.0. The van der Waals surface area contributed by atoms with Gasteiger partial charge in [0.1, 0.15) is 6.04 Å². The number of carboxylic acids is 1. The van der Waals surface area contributed by atoms with Crippen molar-refractivity contribution in [2.24, 2.45) is 0 Å². The molecule has 3 N–H and O–H groups in total. The number of hydrogen-bond acceptors (Lipinski definition) is 2. The molecule has 0 saturated heterocycles. The topological polar surface area (TPSA) is 82.2 Å². The van der Waals surface area contributed by atoms with Crippen molar-refractivity contribution in [1.29, 1.82) is 0 Å². The van der Waals surface area contributed by atoms with Gasteiger partial charge in [0, 0.05) is 18.0 Å². The summed E-state index contributed by atoms with van der Waals surface area (Å²) in [4.78, 5) is 26.3. The second-order valence-corrected chi connectivity index (χ2v) is 4.80. The molecule has 1 amide bonds. The molecule has 1 atom stereocenters. The van der Waals surface area contributed by atoms with Gasteiger partial charge in [-0.1, -0.05) is 43.7 Å². The summed E-state index contributed by atoms with van der Waals surface area (Å²) in [6.07, 6.45) is 4.42. The van der Waals surface area contributed by atoms with Crippen LogP contribution in [0.5, 0.6) is 0 Å². The number of rotatable bonds is 6. The molecular formula is C16H18N2O3. The molecule has 1 heterocycles. The summed E-state index contributed by atoms with van der Waals surface area (Å²) in [5.74, 6) is -1.39. The number of nitrogens with one attached hydrogen (secondary N) is 2. The van der Waals surface area contributed by atoms with E-state index < -0.39 is 12.0 Å². The third-order valence-electron chi connectivity index (χ3n) is 3.26. The molecule has 1 aromatic heterocycles. The van der Waals surface area contributed by atoms with Crippen LogP contribution in [0.2, 0.25) is 0 Å². The zero-order chi connectivity index (χ0) is 15.2. The molecule has 0 bridgehead atoms. The molecule has 5 heteroatoms. The highest BCUT2D eigenvalue weighted by Gasteiger charge is 2.21. The Balaban J connectivity index is 2.21. The lowest BCUT2D eigenvalue weighted by molar-refractivity contribution is -0.139. The van der Waals surface area contributed by atoms with Crippen molar-refractivity contribution in [3.63, 3.8) is 0 Å². The average molecular weight is 286 g/mol. The Morgan fingerprint density at radius 3 is 2.57 bits per heavy atom. The summed E-state index contributed by atoms with van der Waals surface area (Å²) >= 11 is 0. The number of amides is 1. The maximum Gasteiger partial charge on any atom is 0.326 e. The van der Waals surface area contributed by atoms with Crippen LogP contribution < -0.4 is 5.32 Å². The molecule has 1 unspecified atom stereocenters. The predicted octanol–water partition coefficient (Wildman–Crippen LogP) is 2.66. The highest BCUT2D eigenvalue weighted by atomic mass is 16.4. The van der Waals surface area contributed by atoms with Crippen LogP contribution in [0, 0.1) is 0 Å². The van der Waals surface area contributed by atoms with Crippen molar-refractivity contribution in [3.8, 4) is 11.1 Å². The van der Waals surface area contributed by atoms with E-state index in [0.29, 0.717) is 18.4 Å². The van der Waals surface area contributed by atoms with E-state index >= 15 is 0 Å². The minimum absolute atomic E-state index is 0.379. The first-order chi connectivity index (χ1) is 10.1. The molecule has 2 rings (SSSR count). The summed E-state index contributed by atoms with van der Waals surface area (Å²) in [7, 11) is 0.